The average Bonchev–Trinajstić information content (AvgIpc) is 2.34. The van der Waals surface area contributed by atoms with E-state index in [2.05, 4.69) is 20.8 Å². The van der Waals surface area contributed by atoms with Crippen LogP contribution in [0.15, 0.2) is 0 Å². The predicted octanol–water partition coefficient (Wildman–Crippen LogP) is 3.97. The summed E-state index contributed by atoms with van der Waals surface area (Å²) >= 11 is 0. The molecule has 0 saturated heterocycles. The van der Waals surface area contributed by atoms with Crippen LogP contribution < -0.4 is 0 Å². The Hall–Kier alpha value is -1.06. The van der Waals surface area contributed by atoms with Gasteiger partial charge in [-0.1, -0.05) is 47.5 Å². The van der Waals surface area contributed by atoms with Gasteiger partial charge in [0.15, 0.2) is 0 Å². The second kappa shape index (κ2) is 14.4. The quantitative estimate of drug-likeness (QED) is 0.501. The molecule has 0 heterocycles. The Morgan fingerprint density at radius 1 is 0.950 bits per heavy atom. The van der Waals surface area contributed by atoms with Crippen molar-refractivity contribution < 1.29 is 19.1 Å². The molecule has 120 valence electrons. The standard InChI is InChI=1S/C9H18O2.C7H14O2/c1-7(2)5-6-11-9(10)8(3)4;1-3-4-5-6-9-7(2)8/h7-8H,5-6H2,1-4H3;3-6H2,1-2H3. The maximum atomic E-state index is 10.9. The maximum absolute atomic E-state index is 10.9. The molecule has 0 N–H and O–H groups in total. The second-order valence-corrected chi connectivity index (χ2v) is 5.55. The van der Waals surface area contributed by atoms with Gasteiger partial charge >= 0.3 is 11.9 Å². The van der Waals surface area contributed by atoms with Gasteiger partial charge in [-0.2, -0.15) is 0 Å². The highest BCUT2D eigenvalue weighted by Crippen LogP contribution is 2.01. The van der Waals surface area contributed by atoms with Crippen molar-refractivity contribution in [3.8, 4) is 0 Å². The molecule has 0 spiro atoms. The van der Waals surface area contributed by atoms with Crippen LogP contribution in [0.3, 0.4) is 0 Å². The number of rotatable bonds is 8. The molecule has 20 heavy (non-hydrogen) atoms. The molecule has 0 aliphatic rings. The van der Waals surface area contributed by atoms with E-state index in [1.807, 2.05) is 13.8 Å². The van der Waals surface area contributed by atoms with E-state index in [0.29, 0.717) is 19.1 Å². The molecular formula is C16H32O4. The summed E-state index contributed by atoms with van der Waals surface area (Å²) < 4.78 is 9.68. The van der Waals surface area contributed by atoms with Crippen LogP contribution in [0.2, 0.25) is 0 Å². The van der Waals surface area contributed by atoms with E-state index in [1.165, 1.54) is 13.3 Å². The van der Waals surface area contributed by atoms with E-state index in [-0.39, 0.29) is 17.9 Å². The van der Waals surface area contributed by atoms with Crippen molar-refractivity contribution >= 4 is 11.9 Å². The summed E-state index contributed by atoms with van der Waals surface area (Å²) in [6, 6.07) is 0. The Morgan fingerprint density at radius 3 is 1.95 bits per heavy atom. The summed E-state index contributed by atoms with van der Waals surface area (Å²) in [5, 5.41) is 0. The highest BCUT2D eigenvalue weighted by Gasteiger charge is 2.07. The van der Waals surface area contributed by atoms with Crippen molar-refractivity contribution in [1.29, 1.82) is 0 Å². The number of hydrogen-bond acceptors (Lipinski definition) is 4. The van der Waals surface area contributed by atoms with Crippen molar-refractivity contribution in [2.24, 2.45) is 11.8 Å². The van der Waals surface area contributed by atoms with Gasteiger partial charge in [0, 0.05) is 6.92 Å². The van der Waals surface area contributed by atoms with Crippen molar-refractivity contribution in [3.05, 3.63) is 0 Å². The zero-order valence-electron chi connectivity index (χ0n) is 14.0. The van der Waals surface area contributed by atoms with Crippen LogP contribution in [-0.2, 0) is 19.1 Å². The third kappa shape index (κ3) is 19.3. The van der Waals surface area contributed by atoms with Crippen LogP contribution in [0.5, 0.6) is 0 Å². The van der Waals surface area contributed by atoms with Crippen LogP contribution >= 0.6 is 0 Å². The van der Waals surface area contributed by atoms with Crippen molar-refractivity contribution in [3.63, 3.8) is 0 Å². The van der Waals surface area contributed by atoms with Crippen molar-refractivity contribution in [2.45, 2.75) is 67.2 Å². The molecule has 0 aliphatic heterocycles. The van der Waals surface area contributed by atoms with Crippen LogP contribution in [0.25, 0.3) is 0 Å². The molecule has 0 saturated carbocycles. The first-order valence-electron chi connectivity index (χ1n) is 7.61. The summed E-state index contributed by atoms with van der Waals surface area (Å²) in [5.74, 6) is 0.342. The lowest BCUT2D eigenvalue weighted by Gasteiger charge is -2.07. The first kappa shape index (κ1) is 21.2. The predicted molar refractivity (Wildman–Crippen MR) is 81.4 cm³/mol. The van der Waals surface area contributed by atoms with Crippen LogP contribution in [0.4, 0.5) is 0 Å². The minimum absolute atomic E-state index is 0.00200. The lowest BCUT2D eigenvalue weighted by molar-refractivity contribution is -0.147. The lowest BCUT2D eigenvalue weighted by Crippen LogP contribution is -2.13. The van der Waals surface area contributed by atoms with Gasteiger partial charge in [0.2, 0.25) is 0 Å². The topological polar surface area (TPSA) is 52.6 Å². The van der Waals surface area contributed by atoms with Gasteiger partial charge in [0.25, 0.3) is 0 Å². The van der Waals surface area contributed by atoms with Crippen molar-refractivity contribution in [1.82, 2.24) is 0 Å². The number of carbonyl (C=O) groups is 2. The molecule has 0 bridgehead atoms. The average molecular weight is 288 g/mol. The van der Waals surface area contributed by atoms with Gasteiger partial charge in [0.05, 0.1) is 19.1 Å². The number of ether oxygens (including phenoxy) is 2. The Morgan fingerprint density at radius 2 is 1.55 bits per heavy atom. The fraction of sp³-hybridized carbons (Fsp3) is 0.875. The fourth-order valence-corrected chi connectivity index (χ4v) is 1.13. The first-order chi connectivity index (χ1) is 9.31. The third-order valence-electron chi connectivity index (χ3n) is 2.46. The monoisotopic (exact) mass is 288 g/mol. The van der Waals surface area contributed by atoms with Crippen molar-refractivity contribution in [2.75, 3.05) is 13.2 Å². The largest absolute Gasteiger partial charge is 0.466 e. The lowest BCUT2D eigenvalue weighted by atomic mass is 10.1. The van der Waals surface area contributed by atoms with E-state index in [0.717, 1.165) is 19.3 Å². The Kier molecular flexibility index (Phi) is 15.2. The van der Waals surface area contributed by atoms with E-state index >= 15 is 0 Å². The molecule has 0 radical (unpaired) electrons. The molecule has 4 heteroatoms. The molecule has 0 rings (SSSR count). The van der Waals surface area contributed by atoms with Gasteiger partial charge in [0.1, 0.15) is 0 Å². The van der Waals surface area contributed by atoms with Crippen LogP contribution in [-0.4, -0.2) is 25.2 Å². The van der Waals surface area contributed by atoms with Gasteiger partial charge < -0.3 is 9.47 Å². The Labute approximate surface area is 124 Å². The summed E-state index contributed by atoms with van der Waals surface area (Å²) in [5.41, 5.74) is 0. The highest BCUT2D eigenvalue weighted by atomic mass is 16.5. The molecule has 0 atom stereocenters. The fourth-order valence-electron chi connectivity index (χ4n) is 1.13. The summed E-state index contributed by atoms with van der Waals surface area (Å²) in [6.45, 7) is 12.6. The maximum Gasteiger partial charge on any atom is 0.308 e. The number of carbonyl (C=O) groups excluding carboxylic acids is 2. The van der Waals surface area contributed by atoms with Crippen LogP contribution in [0.1, 0.15) is 67.2 Å². The second-order valence-electron chi connectivity index (χ2n) is 5.55. The van der Waals surface area contributed by atoms with E-state index in [9.17, 15) is 9.59 Å². The minimum Gasteiger partial charge on any atom is -0.466 e. The number of esters is 2. The normalized spacial score (nSPS) is 10.0. The third-order valence-corrected chi connectivity index (χ3v) is 2.46. The Balaban J connectivity index is 0. The molecule has 0 unspecified atom stereocenters. The minimum atomic E-state index is -0.175. The van der Waals surface area contributed by atoms with Gasteiger partial charge in [-0.05, 0) is 18.8 Å². The zero-order valence-corrected chi connectivity index (χ0v) is 14.0. The smallest absolute Gasteiger partial charge is 0.308 e. The van der Waals surface area contributed by atoms with E-state index in [4.69, 9.17) is 9.47 Å². The number of hydrogen-bond donors (Lipinski definition) is 0. The molecule has 0 amide bonds. The summed E-state index contributed by atoms with van der Waals surface area (Å²) in [7, 11) is 0. The van der Waals surface area contributed by atoms with E-state index < -0.39 is 0 Å². The Bertz CT molecular complexity index is 247. The summed E-state index contributed by atoms with van der Waals surface area (Å²) in [4.78, 5) is 21.1. The van der Waals surface area contributed by atoms with E-state index in [1.54, 1.807) is 0 Å². The van der Waals surface area contributed by atoms with Gasteiger partial charge in [-0.25, -0.2) is 0 Å². The molecule has 0 aromatic carbocycles. The van der Waals surface area contributed by atoms with Crippen LogP contribution in [0, 0.1) is 11.8 Å². The molecule has 0 fully saturated rings. The molecule has 4 nitrogen and oxygen atoms in total. The zero-order chi connectivity index (χ0) is 16.0. The molecular weight excluding hydrogens is 256 g/mol. The van der Waals surface area contributed by atoms with Gasteiger partial charge in [-0.15, -0.1) is 0 Å². The molecule has 0 aliphatic carbocycles. The molecule has 0 aromatic heterocycles. The summed E-state index contributed by atoms with van der Waals surface area (Å²) in [6.07, 6.45) is 4.27. The number of unbranched alkanes of at least 4 members (excludes halogenated alkanes) is 2. The first-order valence-corrected chi connectivity index (χ1v) is 7.61. The highest BCUT2D eigenvalue weighted by molar-refractivity contribution is 5.71. The van der Waals surface area contributed by atoms with Gasteiger partial charge in [-0.3, -0.25) is 9.59 Å². The molecule has 0 aromatic rings. The SMILES string of the molecule is CC(C)CCOC(=O)C(C)C.CCCCCOC(C)=O.